The Kier molecular flexibility index (Phi) is 5.54. The second-order valence-electron chi connectivity index (χ2n) is 5.04. The quantitative estimate of drug-likeness (QED) is 0.835. The van der Waals surface area contributed by atoms with Crippen molar-refractivity contribution < 1.29 is 22.8 Å². The second kappa shape index (κ2) is 7.26. The summed E-state index contributed by atoms with van der Waals surface area (Å²) in [6.07, 6.45) is -3.43. The number of amides is 2. The molecule has 2 rings (SSSR count). The summed E-state index contributed by atoms with van der Waals surface area (Å²) in [5.74, 6) is -2.19. The first-order valence-electron chi connectivity index (χ1n) is 6.73. The van der Waals surface area contributed by atoms with Crippen LogP contribution in [-0.2, 0) is 16.0 Å². The molecule has 0 aromatic carbocycles. The molecule has 0 aliphatic heterocycles. The van der Waals surface area contributed by atoms with Gasteiger partial charge in [0.25, 0.3) is 0 Å². The van der Waals surface area contributed by atoms with E-state index in [0.29, 0.717) is 11.0 Å². The van der Waals surface area contributed by atoms with Gasteiger partial charge in [0.05, 0.1) is 12.1 Å². The molecule has 0 atom stereocenters. The molecule has 11 heteroatoms. The van der Waals surface area contributed by atoms with Gasteiger partial charge < -0.3 is 5.32 Å². The van der Waals surface area contributed by atoms with Gasteiger partial charge in [0, 0.05) is 16.5 Å². The molecule has 2 amide bonds. The molecule has 6 nitrogen and oxygen atoms in total. The number of anilines is 2. The number of alkyl halides is 3. The number of rotatable bonds is 5. The van der Waals surface area contributed by atoms with Gasteiger partial charge in [-0.2, -0.15) is 13.2 Å². The molecule has 0 spiro atoms. The van der Waals surface area contributed by atoms with Crippen molar-refractivity contribution in [2.24, 2.45) is 0 Å². The molecule has 0 aliphatic rings. The van der Waals surface area contributed by atoms with Gasteiger partial charge in [0.15, 0.2) is 10.3 Å². The van der Waals surface area contributed by atoms with Crippen molar-refractivity contribution >= 4 is 44.8 Å². The molecule has 0 saturated heterocycles. The lowest BCUT2D eigenvalue weighted by molar-refractivity contribution is -0.167. The highest BCUT2D eigenvalue weighted by molar-refractivity contribution is 7.15. The van der Waals surface area contributed by atoms with Crippen molar-refractivity contribution in [1.82, 2.24) is 9.97 Å². The van der Waals surface area contributed by atoms with E-state index in [1.54, 1.807) is 11.5 Å². The SMILES string of the molecule is CC(C)c1cnc(NC(=O)Cc2csc(NC(=O)C(F)(F)F)n2)s1. The fourth-order valence-corrected chi connectivity index (χ4v) is 3.09. The predicted octanol–water partition coefficient (Wildman–Crippen LogP) is 3.41. The molecule has 130 valence electrons. The minimum Gasteiger partial charge on any atom is -0.302 e. The van der Waals surface area contributed by atoms with Crippen molar-refractivity contribution in [3.05, 3.63) is 22.1 Å². The summed E-state index contributed by atoms with van der Waals surface area (Å²) in [6, 6.07) is 0. The van der Waals surface area contributed by atoms with Gasteiger partial charge in [-0.05, 0) is 5.92 Å². The Hall–Kier alpha value is -2.01. The molecule has 0 unspecified atom stereocenters. The maximum Gasteiger partial charge on any atom is 0.471 e. The molecule has 24 heavy (non-hydrogen) atoms. The van der Waals surface area contributed by atoms with Crippen molar-refractivity contribution in [3.8, 4) is 0 Å². The van der Waals surface area contributed by atoms with Crippen molar-refractivity contribution in [1.29, 1.82) is 0 Å². The van der Waals surface area contributed by atoms with Gasteiger partial charge >= 0.3 is 12.1 Å². The van der Waals surface area contributed by atoms with E-state index in [0.717, 1.165) is 16.2 Å². The molecule has 0 saturated carbocycles. The number of halogens is 3. The Morgan fingerprint density at radius 2 is 1.96 bits per heavy atom. The first-order valence-corrected chi connectivity index (χ1v) is 8.43. The summed E-state index contributed by atoms with van der Waals surface area (Å²) >= 11 is 2.17. The zero-order valence-electron chi connectivity index (χ0n) is 12.6. The van der Waals surface area contributed by atoms with Crippen molar-refractivity contribution in [3.63, 3.8) is 0 Å². The van der Waals surface area contributed by atoms with E-state index in [9.17, 15) is 22.8 Å². The Morgan fingerprint density at radius 3 is 2.54 bits per heavy atom. The van der Waals surface area contributed by atoms with Gasteiger partial charge in [0.1, 0.15) is 0 Å². The number of hydrogen-bond donors (Lipinski definition) is 2. The molecule has 2 N–H and O–H groups in total. The van der Waals surface area contributed by atoms with Crippen LogP contribution < -0.4 is 10.6 Å². The van der Waals surface area contributed by atoms with Crippen molar-refractivity contribution in [2.45, 2.75) is 32.4 Å². The highest BCUT2D eigenvalue weighted by atomic mass is 32.1. The zero-order valence-corrected chi connectivity index (χ0v) is 14.2. The van der Waals surface area contributed by atoms with Crippen LogP contribution in [0.15, 0.2) is 11.6 Å². The van der Waals surface area contributed by atoms with Crippen molar-refractivity contribution in [2.75, 3.05) is 10.6 Å². The average molecular weight is 378 g/mol. The predicted molar refractivity (Wildman–Crippen MR) is 85.3 cm³/mol. The third kappa shape index (κ3) is 4.99. The molecule has 2 aromatic heterocycles. The molecule has 0 radical (unpaired) electrons. The van der Waals surface area contributed by atoms with Crippen LogP contribution in [0.4, 0.5) is 23.4 Å². The largest absolute Gasteiger partial charge is 0.471 e. The minimum atomic E-state index is -4.98. The van der Waals surface area contributed by atoms with E-state index in [-0.39, 0.29) is 17.2 Å². The molecular formula is C13H13F3N4O2S2. The molecule has 0 aliphatic carbocycles. The van der Waals surface area contributed by atoms with Gasteiger partial charge in [0.2, 0.25) is 5.91 Å². The van der Waals surface area contributed by atoms with Crippen LogP contribution in [-0.4, -0.2) is 28.0 Å². The fourth-order valence-electron chi connectivity index (χ4n) is 1.55. The third-order valence-corrected chi connectivity index (χ3v) is 4.73. The van der Waals surface area contributed by atoms with Crippen LogP contribution in [0, 0.1) is 0 Å². The van der Waals surface area contributed by atoms with Crippen LogP contribution in [0.3, 0.4) is 0 Å². The number of thiazole rings is 2. The summed E-state index contributed by atoms with van der Waals surface area (Å²) in [7, 11) is 0. The van der Waals surface area contributed by atoms with Gasteiger partial charge in [-0.1, -0.05) is 13.8 Å². The topological polar surface area (TPSA) is 84.0 Å². The fraction of sp³-hybridized carbons (Fsp3) is 0.385. The first kappa shape index (κ1) is 18.3. The molecule has 2 aromatic rings. The number of nitrogens with one attached hydrogen (secondary N) is 2. The van der Waals surface area contributed by atoms with Crippen LogP contribution in [0.2, 0.25) is 0 Å². The lowest BCUT2D eigenvalue weighted by Crippen LogP contribution is -2.29. The van der Waals surface area contributed by atoms with E-state index in [4.69, 9.17) is 0 Å². The summed E-state index contributed by atoms with van der Waals surface area (Å²) in [5, 5.41) is 5.89. The molecule has 0 fully saturated rings. The van der Waals surface area contributed by atoms with E-state index >= 15 is 0 Å². The summed E-state index contributed by atoms with van der Waals surface area (Å²) < 4.78 is 36.4. The number of nitrogens with zero attached hydrogens (tertiary/aromatic N) is 2. The summed E-state index contributed by atoms with van der Waals surface area (Å²) in [4.78, 5) is 31.6. The Bertz CT molecular complexity index is 740. The number of hydrogen-bond acceptors (Lipinski definition) is 6. The third-order valence-electron chi connectivity index (χ3n) is 2.71. The van der Waals surface area contributed by atoms with E-state index in [1.807, 2.05) is 13.8 Å². The molecular weight excluding hydrogens is 365 g/mol. The van der Waals surface area contributed by atoms with Gasteiger partial charge in [-0.25, -0.2) is 9.97 Å². The van der Waals surface area contributed by atoms with Gasteiger partial charge in [-0.3, -0.25) is 14.9 Å². The maximum absolute atomic E-state index is 12.1. The minimum absolute atomic E-state index is 0.130. The first-order chi connectivity index (χ1) is 11.1. The van der Waals surface area contributed by atoms with E-state index < -0.39 is 18.0 Å². The smallest absolute Gasteiger partial charge is 0.302 e. The lowest BCUT2D eigenvalue weighted by atomic mass is 10.2. The Balaban J connectivity index is 1.91. The van der Waals surface area contributed by atoms with Gasteiger partial charge in [-0.15, -0.1) is 22.7 Å². The normalized spacial score (nSPS) is 11.6. The monoisotopic (exact) mass is 378 g/mol. The molecule has 0 bridgehead atoms. The average Bonchev–Trinajstić information content (AvgIpc) is 3.07. The van der Waals surface area contributed by atoms with E-state index in [2.05, 4.69) is 15.3 Å². The van der Waals surface area contributed by atoms with Crippen LogP contribution in [0.5, 0.6) is 0 Å². The number of carbonyl (C=O) groups is 2. The Morgan fingerprint density at radius 1 is 1.25 bits per heavy atom. The number of aromatic nitrogens is 2. The highest BCUT2D eigenvalue weighted by Crippen LogP contribution is 2.25. The summed E-state index contributed by atoms with van der Waals surface area (Å²) in [5.41, 5.74) is 0.260. The highest BCUT2D eigenvalue weighted by Gasteiger charge is 2.39. The Labute approximate surface area is 143 Å². The van der Waals surface area contributed by atoms with Crippen LogP contribution >= 0.6 is 22.7 Å². The second-order valence-corrected chi connectivity index (χ2v) is 6.96. The zero-order chi connectivity index (χ0) is 17.9. The molecule has 2 heterocycles. The summed E-state index contributed by atoms with van der Waals surface area (Å²) in [6.45, 7) is 4.01. The van der Waals surface area contributed by atoms with Crippen LogP contribution in [0.1, 0.15) is 30.3 Å². The van der Waals surface area contributed by atoms with Crippen LogP contribution in [0.25, 0.3) is 0 Å². The standard InChI is InChI=1S/C13H13F3N4O2S2/c1-6(2)8-4-17-11(24-8)19-9(21)3-7-5-23-12(18-7)20-10(22)13(14,15)16/h4-6H,3H2,1-2H3,(H,17,19,21)(H,18,20,22). The maximum atomic E-state index is 12.1. The lowest BCUT2D eigenvalue weighted by Gasteiger charge is -2.04. The number of carbonyl (C=O) groups excluding carboxylic acids is 2. The van der Waals surface area contributed by atoms with E-state index in [1.165, 1.54) is 16.7 Å².